The maximum atomic E-state index is 13.3. The molecule has 406 valence electrons. The molecule has 1 fully saturated rings. The first-order chi connectivity index (χ1) is 34.2. The third-order valence-electron chi connectivity index (χ3n) is 13.2. The Kier molecular flexibility index (Phi) is 44.2. The molecule has 0 spiro atoms. The molecule has 0 aromatic heterocycles. The quantitative estimate of drug-likeness (QED) is 0.0196. The van der Waals surface area contributed by atoms with Gasteiger partial charge in [0.2, 0.25) is 5.91 Å². The summed E-state index contributed by atoms with van der Waals surface area (Å²) in [6, 6.07) is -1.03. The zero-order valence-corrected chi connectivity index (χ0v) is 44.6. The van der Waals surface area contributed by atoms with Crippen LogP contribution in [0.2, 0.25) is 0 Å². The Labute approximate surface area is 427 Å². The van der Waals surface area contributed by atoms with Gasteiger partial charge < -0.3 is 45.1 Å². The lowest BCUT2D eigenvalue weighted by atomic mass is 9.99. The molecular formula is C59H105NO10. The van der Waals surface area contributed by atoms with Crippen molar-refractivity contribution < 1.29 is 49.3 Å². The summed E-state index contributed by atoms with van der Waals surface area (Å²) in [5.41, 5.74) is 0. The molecule has 0 saturated carbocycles. The summed E-state index contributed by atoms with van der Waals surface area (Å²) in [6.45, 7) is 5.71. The van der Waals surface area contributed by atoms with Crippen LogP contribution >= 0.6 is 0 Å². The van der Waals surface area contributed by atoms with Crippen LogP contribution in [0.5, 0.6) is 0 Å². The summed E-state index contributed by atoms with van der Waals surface area (Å²) in [6.07, 6.45) is 47.0. The standard InChI is InChI=1S/C59H105NO10/c1-4-7-10-13-16-19-22-25-26-27-28-29-32-35-38-41-44-47-54(64)70-57-56(66)55(65)53(48-61)69-59(57)68-49-50(51(62)45-42-39-36-33-30-23-20-17-14-11-8-5-2)60-58(67)52(63)46-43-40-37-34-31-24-21-18-15-12-9-6-3/h16,19,25-26,28-29,35,38,42,45,50-53,55-57,59,61-63,65-66H,4-15,17-18,20-24,27,30-34,36-37,39-41,43-44,46-49H2,1-3H3,(H,60,67)/b19-16-,26-25-,29-28-,38-35-,45-42+. The highest BCUT2D eigenvalue weighted by atomic mass is 16.7. The zero-order chi connectivity index (χ0) is 51.1. The molecule has 1 amide bonds. The molecule has 8 atom stereocenters. The second-order valence-electron chi connectivity index (χ2n) is 19.7. The SMILES string of the molecule is CCCCC/C=C\C/C=C\C/C=C\C/C=C\CCCC(=O)OC1C(OCC(NC(=O)C(O)CCCCCCCCCCCCCC)C(O)/C=C/CCCCCCCCCCCC)OC(CO)C(O)C1O. The number of unbranched alkanes of at least 4 members (excludes halogenated alkanes) is 25. The third kappa shape index (κ3) is 35.5. The molecule has 1 saturated heterocycles. The Balaban J connectivity index is 2.77. The maximum absolute atomic E-state index is 13.3. The molecule has 0 bridgehead atoms. The van der Waals surface area contributed by atoms with Gasteiger partial charge >= 0.3 is 5.97 Å². The Morgan fingerprint density at radius 3 is 1.50 bits per heavy atom. The van der Waals surface area contributed by atoms with E-state index in [0.29, 0.717) is 19.3 Å². The number of aliphatic hydroxyl groups excluding tert-OH is 5. The van der Waals surface area contributed by atoms with Crippen molar-refractivity contribution in [2.45, 2.75) is 288 Å². The predicted molar refractivity (Wildman–Crippen MR) is 287 cm³/mol. The first-order valence-corrected chi connectivity index (χ1v) is 28.6. The van der Waals surface area contributed by atoms with Gasteiger partial charge in [-0.15, -0.1) is 0 Å². The minimum absolute atomic E-state index is 0.0474. The van der Waals surface area contributed by atoms with Crippen LogP contribution in [0.1, 0.15) is 239 Å². The highest BCUT2D eigenvalue weighted by Crippen LogP contribution is 2.26. The smallest absolute Gasteiger partial charge is 0.306 e. The monoisotopic (exact) mass is 988 g/mol. The lowest BCUT2D eigenvalue weighted by molar-refractivity contribution is -0.305. The van der Waals surface area contributed by atoms with Crippen LogP contribution in [0, 0.1) is 0 Å². The molecule has 1 aliphatic rings. The van der Waals surface area contributed by atoms with Crippen LogP contribution in [0.15, 0.2) is 60.8 Å². The van der Waals surface area contributed by atoms with Gasteiger partial charge in [0.1, 0.15) is 24.4 Å². The van der Waals surface area contributed by atoms with E-state index in [2.05, 4.69) is 62.5 Å². The number of hydrogen-bond donors (Lipinski definition) is 6. The summed E-state index contributed by atoms with van der Waals surface area (Å²) in [4.78, 5) is 26.4. The van der Waals surface area contributed by atoms with Gasteiger partial charge in [-0.05, 0) is 64.2 Å². The first kappa shape index (κ1) is 65.4. The summed E-state index contributed by atoms with van der Waals surface area (Å²) >= 11 is 0. The first-order valence-electron chi connectivity index (χ1n) is 28.6. The number of hydrogen-bond acceptors (Lipinski definition) is 10. The number of ether oxygens (including phenoxy) is 3. The summed E-state index contributed by atoms with van der Waals surface area (Å²) in [5.74, 6) is -1.25. The van der Waals surface area contributed by atoms with Gasteiger partial charge in [0.05, 0.1) is 25.4 Å². The second kappa shape index (κ2) is 47.4. The van der Waals surface area contributed by atoms with Gasteiger partial charge in [0.25, 0.3) is 0 Å². The molecule has 1 heterocycles. The molecule has 1 aliphatic heterocycles. The molecule has 0 aromatic rings. The number of aliphatic hydroxyl groups is 5. The molecule has 8 unspecified atom stereocenters. The Morgan fingerprint density at radius 1 is 0.557 bits per heavy atom. The van der Waals surface area contributed by atoms with Crippen molar-refractivity contribution in [3.05, 3.63) is 60.8 Å². The highest BCUT2D eigenvalue weighted by molar-refractivity contribution is 5.80. The van der Waals surface area contributed by atoms with Crippen LogP contribution in [-0.2, 0) is 23.8 Å². The lowest BCUT2D eigenvalue weighted by Gasteiger charge is -2.41. The second-order valence-corrected chi connectivity index (χ2v) is 19.7. The lowest BCUT2D eigenvalue weighted by Crippen LogP contribution is -2.61. The van der Waals surface area contributed by atoms with Crippen LogP contribution in [0.3, 0.4) is 0 Å². The molecule has 6 N–H and O–H groups in total. The van der Waals surface area contributed by atoms with Crippen LogP contribution in [0.4, 0.5) is 0 Å². The van der Waals surface area contributed by atoms with E-state index in [1.54, 1.807) is 6.08 Å². The summed E-state index contributed by atoms with van der Waals surface area (Å²) in [5, 5.41) is 56.7. The van der Waals surface area contributed by atoms with E-state index in [9.17, 15) is 35.1 Å². The number of carbonyl (C=O) groups is 2. The van der Waals surface area contributed by atoms with E-state index in [4.69, 9.17) is 14.2 Å². The number of allylic oxidation sites excluding steroid dienone is 9. The Hall–Kier alpha value is -2.64. The van der Waals surface area contributed by atoms with Crippen molar-refractivity contribution in [3.63, 3.8) is 0 Å². The Bertz CT molecular complexity index is 1370. The van der Waals surface area contributed by atoms with Crippen LogP contribution in [0.25, 0.3) is 0 Å². The molecule has 0 aliphatic carbocycles. The fourth-order valence-corrected chi connectivity index (χ4v) is 8.58. The molecule has 0 aromatic carbocycles. The molecule has 0 radical (unpaired) electrons. The fourth-order valence-electron chi connectivity index (χ4n) is 8.58. The van der Waals surface area contributed by atoms with Crippen molar-refractivity contribution in [2.24, 2.45) is 0 Å². The van der Waals surface area contributed by atoms with Crippen molar-refractivity contribution in [2.75, 3.05) is 13.2 Å². The number of rotatable bonds is 47. The van der Waals surface area contributed by atoms with Crippen molar-refractivity contribution in [1.82, 2.24) is 5.32 Å². The third-order valence-corrected chi connectivity index (χ3v) is 13.2. The highest BCUT2D eigenvalue weighted by Gasteiger charge is 2.47. The molecule has 70 heavy (non-hydrogen) atoms. The van der Waals surface area contributed by atoms with E-state index in [-0.39, 0.29) is 19.4 Å². The average molecular weight is 988 g/mol. The van der Waals surface area contributed by atoms with Gasteiger partial charge in [-0.25, -0.2) is 0 Å². The van der Waals surface area contributed by atoms with E-state index in [0.717, 1.165) is 64.2 Å². The van der Waals surface area contributed by atoms with Crippen LogP contribution < -0.4 is 5.32 Å². The topological polar surface area (TPSA) is 175 Å². The van der Waals surface area contributed by atoms with Gasteiger partial charge in [-0.1, -0.05) is 229 Å². The summed E-state index contributed by atoms with van der Waals surface area (Å²) in [7, 11) is 0. The Morgan fingerprint density at radius 2 is 0.986 bits per heavy atom. The van der Waals surface area contributed by atoms with E-state index in [1.165, 1.54) is 122 Å². The minimum Gasteiger partial charge on any atom is -0.454 e. The normalized spacial score (nSPS) is 20.1. The van der Waals surface area contributed by atoms with Gasteiger partial charge in [-0.3, -0.25) is 9.59 Å². The molecule has 1 rings (SSSR count). The molecule has 11 heteroatoms. The minimum atomic E-state index is -1.63. The van der Waals surface area contributed by atoms with Crippen molar-refractivity contribution in [1.29, 1.82) is 0 Å². The number of esters is 1. The van der Waals surface area contributed by atoms with Crippen molar-refractivity contribution in [3.8, 4) is 0 Å². The maximum Gasteiger partial charge on any atom is 0.306 e. The van der Waals surface area contributed by atoms with Gasteiger partial charge in [-0.2, -0.15) is 0 Å². The number of carbonyl (C=O) groups excluding carboxylic acids is 2. The summed E-state index contributed by atoms with van der Waals surface area (Å²) < 4.78 is 17.5. The molecule has 11 nitrogen and oxygen atoms in total. The number of amides is 1. The van der Waals surface area contributed by atoms with E-state index < -0.39 is 67.4 Å². The average Bonchev–Trinajstić information content (AvgIpc) is 3.36. The van der Waals surface area contributed by atoms with E-state index >= 15 is 0 Å². The van der Waals surface area contributed by atoms with Crippen LogP contribution in [-0.4, -0.2) is 99.6 Å². The zero-order valence-electron chi connectivity index (χ0n) is 44.6. The fraction of sp³-hybridized carbons (Fsp3) is 0.797. The van der Waals surface area contributed by atoms with Gasteiger partial charge in [0, 0.05) is 6.42 Å². The molecular weight excluding hydrogens is 883 g/mol. The number of nitrogens with one attached hydrogen (secondary N) is 1. The predicted octanol–water partition coefficient (Wildman–Crippen LogP) is 12.7. The van der Waals surface area contributed by atoms with Crippen molar-refractivity contribution >= 4 is 11.9 Å². The largest absolute Gasteiger partial charge is 0.454 e. The van der Waals surface area contributed by atoms with Gasteiger partial charge in [0.15, 0.2) is 12.4 Å². The van der Waals surface area contributed by atoms with E-state index in [1.807, 2.05) is 18.2 Å².